The van der Waals surface area contributed by atoms with Gasteiger partial charge in [0.25, 0.3) is 5.69 Å². The summed E-state index contributed by atoms with van der Waals surface area (Å²) in [5.74, 6) is 0.500. The van der Waals surface area contributed by atoms with Crippen molar-refractivity contribution in [3.8, 4) is 5.75 Å². The van der Waals surface area contributed by atoms with Crippen LogP contribution in [0.4, 0.5) is 5.69 Å². The molecule has 0 saturated carbocycles. The highest BCUT2D eigenvalue weighted by atomic mass is 16.6. The van der Waals surface area contributed by atoms with Crippen molar-refractivity contribution in [2.45, 2.75) is 19.4 Å². The molecule has 0 amide bonds. The molecule has 0 fully saturated rings. The molecular weight excluding hydrogens is 246 g/mol. The number of rotatable bonds is 4. The Kier molecular flexibility index (Phi) is 3.35. The zero-order valence-electron chi connectivity index (χ0n) is 10.8. The largest absolute Gasteiger partial charge is 0.489 e. The molecule has 2 aromatic rings. The van der Waals surface area contributed by atoms with Crippen molar-refractivity contribution in [1.29, 1.82) is 0 Å². The maximum atomic E-state index is 11.0. The number of aromatic nitrogens is 1. The van der Waals surface area contributed by atoms with E-state index in [0.29, 0.717) is 23.3 Å². The highest BCUT2D eigenvalue weighted by Gasteiger charge is 2.17. The van der Waals surface area contributed by atoms with Crippen LogP contribution in [0.1, 0.15) is 13.8 Å². The molecular formula is C13H15N3O3. The number of hydrogen-bond acceptors (Lipinski definition) is 5. The molecule has 0 saturated heterocycles. The van der Waals surface area contributed by atoms with Gasteiger partial charge in [-0.05, 0) is 32.0 Å². The molecule has 6 nitrogen and oxygen atoms in total. The molecule has 1 heterocycles. The Labute approximate surface area is 110 Å². The molecule has 19 heavy (non-hydrogen) atoms. The summed E-state index contributed by atoms with van der Waals surface area (Å²) >= 11 is 0. The molecule has 0 aliphatic heterocycles. The van der Waals surface area contributed by atoms with Gasteiger partial charge < -0.3 is 10.5 Å². The van der Waals surface area contributed by atoms with Gasteiger partial charge in [0.2, 0.25) is 0 Å². The monoisotopic (exact) mass is 261 g/mol. The highest BCUT2D eigenvalue weighted by Crippen LogP contribution is 2.31. The average Bonchev–Trinajstić information content (AvgIpc) is 2.34. The Hall–Kier alpha value is -2.21. The topological polar surface area (TPSA) is 91.3 Å². The van der Waals surface area contributed by atoms with E-state index in [9.17, 15) is 10.1 Å². The number of nitrogens with two attached hydrogens (primary N) is 1. The number of nitro groups is 1. The Balaban J connectivity index is 2.47. The predicted molar refractivity (Wildman–Crippen MR) is 72.2 cm³/mol. The minimum Gasteiger partial charge on any atom is -0.489 e. The van der Waals surface area contributed by atoms with Gasteiger partial charge >= 0.3 is 0 Å². The molecule has 0 atom stereocenters. The average molecular weight is 261 g/mol. The maximum Gasteiger partial charge on any atom is 0.279 e. The zero-order chi connectivity index (χ0) is 14.0. The molecule has 2 rings (SSSR count). The Morgan fingerprint density at radius 3 is 2.79 bits per heavy atom. The molecule has 1 aromatic heterocycles. The summed E-state index contributed by atoms with van der Waals surface area (Å²) in [6.45, 7) is 3.98. The maximum absolute atomic E-state index is 11.0. The van der Waals surface area contributed by atoms with Crippen molar-refractivity contribution in [2.75, 3.05) is 6.61 Å². The second-order valence-corrected chi connectivity index (χ2v) is 5.02. The Bertz CT molecular complexity index is 620. The van der Waals surface area contributed by atoms with E-state index >= 15 is 0 Å². The third kappa shape index (κ3) is 2.97. The lowest BCUT2D eigenvalue weighted by Gasteiger charge is -2.19. The number of non-ortho nitro benzene ring substituents is 1. The zero-order valence-corrected chi connectivity index (χ0v) is 10.8. The van der Waals surface area contributed by atoms with Crippen molar-refractivity contribution >= 4 is 16.6 Å². The van der Waals surface area contributed by atoms with Gasteiger partial charge in [-0.15, -0.1) is 0 Å². The third-order valence-corrected chi connectivity index (χ3v) is 2.51. The molecule has 0 aliphatic carbocycles. The van der Waals surface area contributed by atoms with Crippen molar-refractivity contribution < 1.29 is 9.66 Å². The first-order valence-corrected chi connectivity index (χ1v) is 5.82. The number of ether oxygens (including phenoxy) is 1. The molecule has 0 unspecified atom stereocenters. The van der Waals surface area contributed by atoms with E-state index in [-0.39, 0.29) is 5.69 Å². The summed E-state index contributed by atoms with van der Waals surface area (Å²) in [6, 6.07) is 6.29. The summed E-state index contributed by atoms with van der Waals surface area (Å²) in [5, 5.41) is 11.4. The molecule has 100 valence electrons. The van der Waals surface area contributed by atoms with Crippen LogP contribution in [0.15, 0.2) is 30.5 Å². The summed E-state index contributed by atoms with van der Waals surface area (Å²) in [4.78, 5) is 14.7. The van der Waals surface area contributed by atoms with Crippen molar-refractivity contribution in [2.24, 2.45) is 5.73 Å². The molecule has 0 bridgehead atoms. The highest BCUT2D eigenvalue weighted by molar-refractivity contribution is 5.92. The quantitative estimate of drug-likeness (QED) is 0.673. The summed E-state index contributed by atoms with van der Waals surface area (Å²) < 4.78 is 5.61. The van der Waals surface area contributed by atoms with Crippen molar-refractivity contribution in [3.63, 3.8) is 0 Å². The van der Waals surface area contributed by atoms with Gasteiger partial charge in [-0.1, -0.05) is 0 Å². The van der Waals surface area contributed by atoms with Crippen LogP contribution < -0.4 is 10.5 Å². The fraction of sp³-hybridized carbons (Fsp3) is 0.308. The first kappa shape index (κ1) is 13.2. The summed E-state index contributed by atoms with van der Waals surface area (Å²) in [6.07, 6.45) is 1.58. The summed E-state index contributed by atoms with van der Waals surface area (Å²) in [7, 11) is 0. The smallest absolute Gasteiger partial charge is 0.279 e. The van der Waals surface area contributed by atoms with E-state index < -0.39 is 10.5 Å². The van der Waals surface area contributed by atoms with Crippen molar-refractivity contribution in [3.05, 3.63) is 40.6 Å². The van der Waals surface area contributed by atoms with Gasteiger partial charge in [0.1, 0.15) is 17.9 Å². The number of hydrogen-bond donors (Lipinski definition) is 1. The molecule has 6 heteroatoms. The Morgan fingerprint density at radius 2 is 2.16 bits per heavy atom. The third-order valence-electron chi connectivity index (χ3n) is 2.51. The van der Waals surface area contributed by atoms with Crippen LogP contribution in [0.5, 0.6) is 5.75 Å². The van der Waals surface area contributed by atoms with Crippen LogP contribution in [0.3, 0.4) is 0 Å². The van der Waals surface area contributed by atoms with Crippen LogP contribution in [-0.4, -0.2) is 22.1 Å². The van der Waals surface area contributed by atoms with E-state index in [1.54, 1.807) is 24.4 Å². The van der Waals surface area contributed by atoms with Gasteiger partial charge in [-0.3, -0.25) is 15.1 Å². The number of fused-ring (bicyclic) bond motifs is 1. The molecule has 1 aromatic carbocycles. The van der Waals surface area contributed by atoms with Gasteiger partial charge in [0, 0.05) is 17.8 Å². The van der Waals surface area contributed by atoms with Crippen LogP contribution in [0, 0.1) is 10.1 Å². The fourth-order valence-corrected chi connectivity index (χ4v) is 1.67. The first-order chi connectivity index (χ1) is 8.88. The van der Waals surface area contributed by atoms with Crippen LogP contribution in [-0.2, 0) is 0 Å². The number of pyridine rings is 1. The van der Waals surface area contributed by atoms with Gasteiger partial charge in [-0.25, -0.2) is 0 Å². The molecule has 0 spiro atoms. The SMILES string of the molecule is CC(C)(N)COc1ccc([N+](=O)[O-])c2cccnc12. The fourth-order valence-electron chi connectivity index (χ4n) is 1.67. The molecule has 0 radical (unpaired) electrons. The van der Waals surface area contributed by atoms with Crippen LogP contribution >= 0.6 is 0 Å². The lowest BCUT2D eigenvalue weighted by atomic mass is 10.1. The second kappa shape index (κ2) is 4.81. The Morgan fingerprint density at radius 1 is 1.42 bits per heavy atom. The summed E-state index contributed by atoms with van der Waals surface area (Å²) in [5.41, 5.74) is 5.86. The molecule has 0 aliphatic rings. The normalized spacial score (nSPS) is 11.5. The van der Waals surface area contributed by atoms with E-state index in [0.717, 1.165) is 0 Å². The van der Waals surface area contributed by atoms with E-state index in [1.807, 2.05) is 13.8 Å². The van der Waals surface area contributed by atoms with E-state index in [4.69, 9.17) is 10.5 Å². The second-order valence-electron chi connectivity index (χ2n) is 5.02. The van der Waals surface area contributed by atoms with Gasteiger partial charge in [0.05, 0.1) is 10.3 Å². The van der Waals surface area contributed by atoms with Crippen molar-refractivity contribution in [1.82, 2.24) is 4.98 Å². The van der Waals surface area contributed by atoms with E-state index in [1.165, 1.54) is 6.07 Å². The number of benzene rings is 1. The van der Waals surface area contributed by atoms with Crippen LogP contribution in [0.2, 0.25) is 0 Å². The van der Waals surface area contributed by atoms with Gasteiger partial charge in [-0.2, -0.15) is 0 Å². The van der Waals surface area contributed by atoms with Gasteiger partial charge in [0.15, 0.2) is 0 Å². The number of nitrogens with zero attached hydrogens (tertiary/aromatic N) is 2. The predicted octanol–water partition coefficient (Wildman–Crippen LogP) is 2.26. The lowest BCUT2D eigenvalue weighted by molar-refractivity contribution is -0.383. The number of nitro benzene ring substituents is 1. The lowest BCUT2D eigenvalue weighted by Crippen LogP contribution is -2.38. The minimum atomic E-state index is -0.483. The minimum absolute atomic E-state index is 0.0162. The van der Waals surface area contributed by atoms with E-state index in [2.05, 4.69) is 4.98 Å². The van der Waals surface area contributed by atoms with Crippen LogP contribution in [0.25, 0.3) is 10.9 Å². The molecule has 2 N–H and O–H groups in total. The first-order valence-electron chi connectivity index (χ1n) is 5.82. The standard InChI is InChI=1S/C13H15N3O3/c1-13(2,14)8-19-11-6-5-10(16(17)18)9-4-3-7-15-12(9)11/h3-7H,8,14H2,1-2H3.